The van der Waals surface area contributed by atoms with Gasteiger partial charge in [0, 0.05) is 11.1 Å². The highest BCUT2D eigenvalue weighted by atomic mass is 16.5. The number of ether oxygens (including phenoxy) is 1. The smallest absolute Gasteiger partial charge is 0.238 e. The lowest BCUT2D eigenvalue weighted by molar-refractivity contribution is -0.124. The van der Waals surface area contributed by atoms with Crippen LogP contribution in [0.4, 0.5) is 5.69 Å². The molecule has 0 bridgehead atoms. The number of rotatable bonds is 2. The van der Waals surface area contributed by atoms with Gasteiger partial charge >= 0.3 is 0 Å². The Bertz CT molecular complexity index is 950. The molecule has 5 nitrogen and oxygen atoms in total. The number of nitrogens with one attached hydrogen (secondary N) is 1. The summed E-state index contributed by atoms with van der Waals surface area (Å²) < 4.78 is 5.86. The molecule has 0 radical (unpaired) electrons. The molecule has 4 rings (SSSR count). The molecule has 3 aromatic rings. The lowest BCUT2D eigenvalue weighted by Crippen LogP contribution is -2.36. The molecule has 0 atom stereocenters. The molecule has 0 saturated carbocycles. The summed E-state index contributed by atoms with van der Waals surface area (Å²) in [6.07, 6.45) is 2.29. The van der Waals surface area contributed by atoms with Gasteiger partial charge in [0.05, 0.1) is 17.2 Å². The first-order valence-corrected chi connectivity index (χ1v) is 7.85. The van der Waals surface area contributed by atoms with Crippen molar-refractivity contribution in [3.63, 3.8) is 0 Å². The SMILES string of the molecule is CC1(C)Cc2cc(Oc3cnc4ccccc4n3)ccc2NC1=O. The standard InChI is InChI=1S/C19H17N3O2/c1-19(2)10-12-9-13(7-8-14(12)22-18(19)23)24-17-11-20-15-5-3-4-6-16(15)21-17/h3-9,11H,10H2,1-2H3,(H,22,23). The summed E-state index contributed by atoms with van der Waals surface area (Å²) in [6.45, 7) is 3.88. The van der Waals surface area contributed by atoms with E-state index in [0.717, 1.165) is 22.3 Å². The maximum absolute atomic E-state index is 12.0. The van der Waals surface area contributed by atoms with Crippen LogP contribution in [0.1, 0.15) is 19.4 Å². The minimum Gasteiger partial charge on any atom is -0.437 e. The van der Waals surface area contributed by atoms with Crippen LogP contribution in [0.15, 0.2) is 48.7 Å². The van der Waals surface area contributed by atoms with Crippen LogP contribution < -0.4 is 10.1 Å². The number of carbonyl (C=O) groups is 1. The first-order chi connectivity index (χ1) is 11.5. The maximum Gasteiger partial charge on any atom is 0.238 e. The Balaban J connectivity index is 1.64. The molecule has 0 aliphatic carbocycles. The second-order valence-corrected chi connectivity index (χ2v) is 6.63. The largest absolute Gasteiger partial charge is 0.437 e. The van der Waals surface area contributed by atoms with Crippen LogP contribution in [0.2, 0.25) is 0 Å². The monoisotopic (exact) mass is 319 g/mol. The fraction of sp³-hybridized carbons (Fsp3) is 0.211. The number of aromatic nitrogens is 2. The first kappa shape index (κ1) is 14.6. The molecule has 1 N–H and O–H groups in total. The normalized spacial score (nSPS) is 15.7. The topological polar surface area (TPSA) is 64.1 Å². The molecule has 0 saturated heterocycles. The molecule has 1 aromatic heterocycles. The number of amides is 1. The molecule has 2 aromatic carbocycles. The quantitative estimate of drug-likeness (QED) is 0.777. The van der Waals surface area contributed by atoms with Crippen molar-refractivity contribution >= 4 is 22.6 Å². The molecular formula is C19H17N3O2. The van der Waals surface area contributed by atoms with E-state index in [2.05, 4.69) is 15.3 Å². The van der Waals surface area contributed by atoms with Gasteiger partial charge in [-0.15, -0.1) is 0 Å². The predicted octanol–water partition coefficient (Wildman–Crippen LogP) is 3.94. The first-order valence-electron chi connectivity index (χ1n) is 7.85. The third-order valence-corrected chi connectivity index (χ3v) is 4.22. The van der Waals surface area contributed by atoms with Crippen molar-refractivity contribution in [1.29, 1.82) is 0 Å². The van der Waals surface area contributed by atoms with Gasteiger partial charge in [-0.05, 0) is 42.3 Å². The van der Waals surface area contributed by atoms with Crippen LogP contribution in [0, 0.1) is 5.41 Å². The van der Waals surface area contributed by atoms with E-state index in [1.54, 1.807) is 6.20 Å². The number of nitrogens with zero attached hydrogens (tertiary/aromatic N) is 2. The van der Waals surface area contributed by atoms with E-state index in [9.17, 15) is 4.79 Å². The molecule has 0 unspecified atom stereocenters. The summed E-state index contributed by atoms with van der Waals surface area (Å²) in [7, 11) is 0. The summed E-state index contributed by atoms with van der Waals surface area (Å²) in [4.78, 5) is 20.8. The van der Waals surface area contributed by atoms with Crippen LogP contribution in [0.25, 0.3) is 11.0 Å². The second-order valence-electron chi connectivity index (χ2n) is 6.63. The number of carbonyl (C=O) groups excluding carboxylic acids is 1. The number of fused-ring (bicyclic) bond motifs is 2. The molecule has 1 aliphatic heterocycles. The average Bonchev–Trinajstić information content (AvgIpc) is 2.56. The Hall–Kier alpha value is -2.95. The number of anilines is 1. The Morgan fingerprint density at radius 1 is 1.12 bits per heavy atom. The van der Waals surface area contributed by atoms with Crippen LogP contribution in [0.5, 0.6) is 11.6 Å². The van der Waals surface area contributed by atoms with E-state index in [-0.39, 0.29) is 5.91 Å². The van der Waals surface area contributed by atoms with Gasteiger partial charge in [-0.25, -0.2) is 9.97 Å². The van der Waals surface area contributed by atoms with Gasteiger partial charge in [0.15, 0.2) is 0 Å². The Morgan fingerprint density at radius 3 is 2.75 bits per heavy atom. The van der Waals surface area contributed by atoms with Crippen LogP contribution in [-0.2, 0) is 11.2 Å². The molecule has 5 heteroatoms. The zero-order valence-corrected chi connectivity index (χ0v) is 13.5. The zero-order valence-electron chi connectivity index (χ0n) is 13.5. The summed E-state index contributed by atoms with van der Waals surface area (Å²) in [5.74, 6) is 1.18. The molecule has 0 spiro atoms. The Labute approximate surface area is 139 Å². The van der Waals surface area contributed by atoms with Crippen LogP contribution in [0.3, 0.4) is 0 Å². The fourth-order valence-corrected chi connectivity index (χ4v) is 2.86. The molecule has 120 valence electrons. The number of benzene rings is 2. The lowest BCUT2D eigenvalue weighted by atomic mass is 9.81. The highest BCUT2D eigenvalue weighted by Gasteiger charge is 2.33. The number of hydrogen-bond acceptors (Lipinski definition) is 4. The van der Waals surface area contributed by atoms with Crippen molar-refractivity contribution in [3.05, 3.63) is 54.2 Å². The van der Waals surface area contributed by atoms with Gasteiger partial charge in [-0.3, -0.25) is 4.79 Å². The summed E-state index contributed by atoms with van der Waals surface area (Å²) in [5.41, 5.74) is 3.11. The third kappa shape index (κ3) is 2.58. The van der Waals surface area contributed by atoms with E-state index in [1.165, 1.54) is 0 Å². The van der Waals surface area contributed by atoms with Gasteiger partial charge in [-0.2, -0.15) is 0 Å². The van der Waals surface area contributed by atoms with Crippen LogP contribution >= 0.6 is 0 Å². The van der Waals surface area contributed by atoms with Crippen molar-refractivity contribution in [2.45, 2.75) is 20.3 Å². The van der Waals surface area contributed by atoms with E-state index in [1.807, 2.05) is 56.3 Å². The summed E-state index contributed by atoms with van der Waals surface area (Å²) in [5, 5.41) is 2.94. The number of para-hydroxylation sites is 2. The molecule has 24 heavy (non-hydrogen) atoms. The van der Waals surface area contributed by atoms with E-state index in [0.29, 0.717) is 18.1 Å². The highest BCUT2D eigenvalue weighted by molar-refractivity contribution is 5.98. The van der Waals surface area contributed by atoms with Crippen molar-refractivity contribution < 1.29 is 9.53 Å². The van der Waals surface area contributed by atoms with Gasteiger partial charge in [0.2, 0.25) is 11.8 Å². The number of hydrogen-bond donors (Lipinski definition) is 1. The van der Waals surface area contributed by atoms with Crippen molar-refractivity contribution in [2.75, 3.05) is 5.32 Å². The lowest BCUT2D eigenvalue weighted by Gasteiger charge is -2.30. The average molecular weight is 319 g/mol. The van der Waals surface area contributed by atoms with Gasteiger partial charge < -0.3 is 10.1 Å². The van der Waals surface area contributed by atoms with Gasteiger partial charge in [0.25, 0.3) is 0 Å². The highest BCUT2D eigenvalue weighted by Crippen LogP contribution is 2.35. The van der Waals surface area contributed by atoms with Gasteiger partial charge in [-0.1, -0.05) is 26.0 Å². The Morgan fingerprint density at radius 2 is 1.92 bits per heavy atom. The van der Waals surface area contributed by atoms with Crippen molar-refractivity contribution in [3.8, 4) is 11.6 Å². The van der Waals surface area contributed by atoms with Crippen LogP contribution in [-0.4, -0.2) is 15.9 Å². The summed E-state index contributed by atoms with van der Waals surface area (Å²) >= 11 is 0. The second kappa shape index (κ2) is 5.30. The van der Waals surface area contributed by atoms with E-state index >= 15 is 0 Å². The minimum atomic E-state index is -0.422. The zero-order chi connectivity index (χ0) is 16.7. The minimum absolute atomic E-state index is 0.0454. The molecule has 1 amide bonds. The Kier molecular flexibility index (Phi) is 3.23. The molecular weight excluding hydrogens is 302 g/mol. The molecule has 1 aliphatic rings. The maximum atomic E-state index is 12.0. The predicted molar refractivity (Wildman–Crippen MR) is 92.2 cm³/mol. The van der Waals surface area contributed by atoms with Gasteiger partial charge in [0.1, 0.15) is 5.75 Å². The van der Waals surface area contributed by atoms with Crippen molar-refractivity contribution in [1.82, 2.24) is 9.97 Å². The molecule has 0 fully saturated rings. The van der Waals surface area contributed by atoms with Crippen molar-refractivity contribution in [2.24, 2.45) is 5.41 Å². The summed E-state index contributed by atoms with van der Waals surface area (Å²) in [6, 6.07) is 13.3. The van der Waals surface area contributed by atoms with E-state index in [4.69, 9.17) is 4.74 Å². The van der Waals surface area contributed by atoms with E-state index < -0.39 is 5.41 Å². The fourth-order valence-electron chi connectivity index (χ4n) is 2.86. The molecule has 2 heterocycles. The third-order valence-electron chi connectivity index (χ3n) is 4.22.